The first-order valence-corrected chi connectivity index (χ1v) is 6.91. The third kappa shape index (κ3) is 2.99. The predicted molar refractivity (Wildman–Crippen MR) is 77.1 cm³/mol. The third-order valence-electron chi connectivity index (χ3n) is 3.77. The highest BCUT2D eigenvalue weighted by atomic mass is 16.5. The van der Waals surface area contributed by atoms with Crippen LogP contribution >= 0.6 is 0 Å². The molecule has 0 unspecified atom stereocenters. The van der Waals surface area contributed by atoms with Crippen molar-refractivity contribution in [3.05, 3.63) is 12.4 Å². The molecular formula is C13H21N5O3. The van der Waals surface area contributed by atoms with E-state index in [2.05, 4.69) is 15.6 Å². The van der Waals surface area contributed by atoms with Crippen LogP contribution in [0.5, 0.6) is 0 Å². The van der Waals surface area contributed by atoms with Crippen LogP contribution < -0.4 is 11.1 Å². The standard InChI is InChI=1S/C13H21N5O3/c1-9(2)18-8-10(7-15-18)16-12(19)13(11(14)17-20)3-5-21-6-4-13/h7-9,20H,3-6H2,1-2H3,(H2,14,17)(H,16,19). The van der Waals surface area contributed by atoms with Crippen LogP contribution in [-0.4, -0.2) is 39.9 Å². The zero-order valence-corrected chi connectivity index (χ0v) is 12.2. The number of nitrogens with one attached hydrogen (secondary N) is 1. The van der Waals surface area contributed by atoms with Crippen molar-refractivity contribution in [3.8, 4) is 0 Å². The molecular weight excluding hydrogens is 274 g/mol. The van der Waals surface area contributed by atoms with Crippen LogP contribution in [0.15, 0.2) is 17.5 Å². The van der Waals surface area contributed by atoms with Gasteiger partial charge in [0.25, 0.3) is 0 Å². The molecule has 0 radical (unpaired) electrons. The molecule has 1 amide bonds. The number of nitrogens with zero attached hydrogens (tertiary/aromatic N) is 3. The van der Waals surface area contributed by atoms with Gasteiger partial charge in [-0.3, -0.25) is 9.48 Å². The average Bonchev–Trinajstić information content (AvgIpc) is 2.95. The lowest BCUT2D eigenvalue weighted by Crippen LogP contribution is -2.50. The first-order valence-electron chi connectivity index (χ1n) is 6.91. The van der Waals surface area contributed by atoms with Crippen LogP contribution in [0.1, 0.15) is 32.7 Å². The van der Waals surface area contributed by atoms with E-state index in [1.165, 1.54) is 0 Å². The zero-order valence-electron chi connectivity index (χ0n) is 12.2. The van der Waals surface area contributed by atoms with Gasteiger partial charge in [-0.2, -0.15) is 5.10 Å². The zero-order chi connectivity index (χ0) is 15.5. The van der Waals surface area contributed by atoms with E-state index in [1.807, 2.05) is 13.8 Å². The van der Waals surface area contributed by atoms with Crippen molar-refractivity contribution in [1.82, 2.24) is 9.78 Å². The molecule has 1 fully saturated rings. The maximum absolute atomic E-state index is 12.6. The van der Waals surface area contributed by atoms with Crippen molar-refractivity contribution < 1.29 is 14.7 Å². The smallest absolute Gasteiger partial charge is 0.238 e. The summed E-state index contributed by atoms with van der Waals surface area (Å²) in [6.45, 7) is 4.79. The van der Waals surface area contributed by atoms with Gasteiger partial charge in [-0.05, 0) is 26.7 Å². The number of rotatable bonds is 4. The highest BCUT2D eigenvalue weighted by Crippen LogP contribution is 2.32. The molecule has 0 aliphatic carbocycles. The normalized spacial score (nSPS) is 18.7. The van der Waals surface area contributed by atoms with Crippen LogP contribution in [0.2, 0.25) is 0 Å². The van der Waals surface area contributed by atoms with Gasteiger partial charge in [0, 0.05) is 25.5 Å². The van der Waals surface area contributed by atoms with Gasteiger partial charge in [-0.1, -0.05) is 5.16 Å². The monoisotopic (exact) mass is 295 g/mol. The van der Waals surface area contributed by atoms with Crippen LogP contribution in [-0.2, 0) is 9.53 Å². The van der Waals surface area contributed by atoms with E-state index in [0.29, 0.717) is 31.7 Å². The molecule has 1 aliphatic rings. The highest BCUT2D eigenvalue weighted by Gasteiger charge is 2.44. The lowest BCUT2D eigenvalue weighted by molar-refractivity contribution is -0.126. The van der Waals surface area contributed by atoms with E-state index >= 15 is 0 Å². The largest absolute Gasteiger partial charge is 0.409 e. The Morgan fingerprint density at radius 3 is 2.76 bits per heavy atom. The van der Waals surface area contributed by atoms with Crippen molar-refractivity contribution in [1.29, 1.82) is 0 Å². The van der Waals surface area contributed by atoms with Gasteiger partial charge in [0.15, 0.2) is 5.84 Å². The minimum absolute atomic E-state index is 0.0837. The summed E-state index contributed by atoms with van der Waals surface area (Å²) in [5.74, 6) is -0.385. The Balaban J connectivity index is 2.18. The van der Waals surface area contributed by atoms with Crippen molar-refractivity contribution >= 4 is 17.4 Å². The molecule has 0 saturated carbocycles. The first kappa shape index (κ1) is 15.3. The molecule has 0 atom stereocenters. The van der Waals surface area contributed by atoms with E-state index in [9.17, 15) is 4.79 Å². The van der Waals surface area contributed by atoms with E-state index in [-0.39, 0.29) is 17.8 Å². The number of anilines is 1. The van der Waals surface area contributed by atoms with Gasteiger partial charge in [0.2, 0.25) is 5.91 Å². The summed E-state index contributed by atoms with van der Waals surface area (Å²) in [4.78, 5) is 12.6. The molecule has 1 aromatic heterocycles. The molecule has 2 heterocycles. The van der Waals surface area contributed by atoms with Crippen LogP contribution in [0, 0.1) is 5.41 Å². The number of oxime groups is 1. The topological polar surface area (TPSA) is 115 Å². The van der Waals surface area contributed by atoms with Crippen LogP contribution in [0.4, 0.5) is 5.69 Å². The van der Waals surface area contributed by atoms with E-state index in [4.69, 9.17) is 15.7 Å². The maximum atomic E-state index is 12.6. The molecule has 4 N–H and O–H groups in total. The minimum Gasteiger partial charge on any atom is -0.409 e. The molecule has 1 aromatic rings. The quantitative estimate of drug-likeness (QED) is 0.331. The summed E-state index contributed by atoms with van der Waals surface area (Å²) < 4.78 is 7.01. The summed E-state index contributed by atoms with van der Waals surface area (Å²) in [5.41, 5.74) is 5.31. The molecule has 1 aliphatic heterocycles. The van der Waals surface area contributed by atoms with Gasteiger partial charge < -0.3 is 21.0 Å². The predicted octanol–water partition coefficient (Wildman–Crippen LogP) is 0.946. The van der Waals surface area contributed by atoms with Crippen LogP contribution in [0.3, 0.4) is 0 Å². The number of carbonyl (C=O) groups excluding carboxylic acids is 1. The van der Waals surface area contributed by atoms with Crippen molar-refractivity contribution in [3.63, 3.8) is 0 Å². The summed E-state index contributed by atoms with van der Waals surface area (Å²) in [7, 11) is 0. The fraction of sp³-hybridized carbons (Fsp3) is 0.615. The Hall–Kier alpha value is -2.09. The highest BCUT2D eigenvalue weighted by molar-refractivity contribution is 6.11. The first-order chi connectivity index (χ1) is 9.99. The molecule has 0 bridgehead atoms. The van der Waals surface area contributed by atoms with Gasteiger partial charge in [0.05, 0.1) is 11.9 Å². The fourth-order valence-corrected chi connectivity index (χ4v) is 2.35. The number of amidine groups is 1. The summed E-state index contributed by atoms with van der Waals surface area (Å²) in [5, 5.41) is 19.0. The number of hydrogen-bond acceptors (Lipinski definition) is 5. The number of ether oxygens (including phenoxy) is 1. The number of nitrogens with two attached hydrogens (primary N) is 1. The Bertz CT molecular complexity index is 532. The second-order valence-electron chi connectivity index (χ2n) is 5.44. The molecule has 8 heteroatoms. The van der Waals surface area contributed by atoms with Crippen LogP contribution in [0.25, 0.3) is 0 Å². The van der Waals surface area contributed by atoms with Gasteiger partial charge in [0.1, 0.15) is 5.41 Å². The molecule has 116 valence electrons. The molecule has 0 spiro atoms. The Morgan fingerprint density at radius 1 is 1.57 bits per heavy atom. The Kier molecular flexibility index (Phi) is 4.46. The summed E-state index contributed by atoms with van der Waals surface area (Å²) in [6, 6.07) is 0.205. The Morgan fingerprint density at radius 2 is 2.24 bits per heavy atom. The molecule has 8 nitrogen and oxygen atoms in total. The summed E-state index contributed by atoms with van der Waals surface area (Å²) in [6.07, 6.45) is 4.10. The summed E-state index contributed by atoms with van der Waals surface area (Å²) >= 11 is 0. The molecule has 21 heavy (non-hydrogen) atoms. The lowest BCUT2D eigenvalue weighted by Gasteiger charge is -2.34. The Labute approximate surface area is 122 Å². The minimum atomic E-state index is -1.03. The lowest BCUT2D eigenvalue weighted by atomic mass is 9.78. The van der Waals surface area contributed by atoms with Crippen molar-refractivity contribution in [2.24, 2.45) is 16.3 Å². The van der Waals surface area contributed by atoms with Gasteiger partial charge in [-0.25, -0.2) is 0 Å². The molecule has 0 aromatic carbocycles. The third-order valence-corrected chi connectivity index (χ3v) is 3.77. The van der Waals surface area contributed by atoms with Crippen molar-refractivity contribution in [2.45, 2.75) is 32.7 Å². The molecule has 1 saturated heterocycles. The second-order valence-corrected chi connectivity index (χ2v) is 5.44. The van der Waals surface area contributed by atoms with Crippen molar-refractivity contribution in [2.75, 3.05) is 18.5 Å². The average molecular weight is 295 g/mol. The van der Waals surface area contributed by atoms with Gasteiger partial charge >= 0.3 is 0 Å². The second kappa shape index (κ2) is 6.13. The molecule has 2 rings (SSSR count). The van der Waals surface area contributed by atoms with E-state index in [1.54, 1.807) is 17.1 Å². The fourth-order valence-electron chi connectivity index (χ4n) is 2.35. The number of aromatic nitrogens is 2. The SMILES string of the molecule is CC(C)n1cc(NC(=O)C2(C(N)=NO)CCOCC2)cn1. The number of amides is 1. The van der Waals surface area contributed by atoms with E-state index < -0.39 is 5.41 Å². The maximum Gasteiger partial charge on any atom is 0.238 e. The number of carbonyl (C=O) groups is 1. The van der Waals surface area contributed by atoms with E-state index in [0.717, 1.165) is 0 Å². The number of hydrogen-bond donors (Lipinski definition) is 3. The van der Waals surface area contributed by atoms with Gasteiger partial charge in [-0.15, -0.1) is 0 Å².